The van der Waals surface area contributed by atoms with Gasteiger partial charge in [0.1, 0.15) is 41.8 Å². The number of ketones is 1. The molecule has 4 aromatic carbocycles. The van der Waals surface area contributed by atoms with Gasteiger partial charge < -0.3 is 18.9 Å². The fourth-order valence-electron chi connectivity index (χ4n) is 4.61. The predicted molar refractivity (Wildman–Crippen MR) is 152 cm³/mol. The molecule has 1 saturated heterocycles. The summed E-state index contributed by atoms with van der Waals surface area (Å²) < 4.78 is 36.2. The van der Waals surface area contributed by atoms with E-state index in [-0.39, 0.29) is 12.4 Å². The molecule has 0 saturated carbocycles. The predicted octanol–water partition coefficient (Wildman–Crippen LogP) is 6.93. The number of cyclic esters (lactones) is 1. The highest BCUT2D eigenvalue weighted by atomic mass is 19.1. The van der Waals surface area contributed by atoms with Gasteiger partial charge in [-0.05, 0) is 78.4 Å². The molecular formula is C33H28FNO6. The zero-order valence-electron chi connectivity index (χ0n) is 22.5. The van der Waals surface area contributed by atoms with Crippen LogP contribution in [0.5, 0.6) is 17.2 Å². The second-order valence-corrected chi connectivity index (χ2v) is 9.27. The van der Waals surface area contributed by atoms with E-state index in [1.807, 2.05) is 36.4 Å². The van der Waals surface area contributed by atoms with Crippen molar-refractivity contribution >= 4 is 17.6 Å². The van der Waals surface area contributed by atoms with Gasteiger partial charge in [-0.25, -0.2) is 9.18 Å². The molecule has 1 aliphatic rings. The maximum atomic E-state index is 13.4. The molecule has 1 heterocycles. The normalized spacial score (nSPS) is 16.5. The van der Waals surface area contributed by atoms with Gasteiger partial charge >= 0.3 is 6.09 Å². The van der Waals surface area contributed by atoms with E-state index < -0.39 is 24.1 Å². The van der Waals surface area contributed by atoms with Crippen LogP contribution in [-0.4, -0.2) is 32.2 Å². The van der Waals surface area contributed by atoms with Crippen molar-refractivity contribution < 1.29 is 32.9 Å². The minimum Gasteiger partial charge on any atom is -0.497 e. The third-order valence-corrected chi connectivity index (χ3v) is 6.72. The van der Waals surface area contributed by atoms with Gasteiger partial charge in [0.15, 0.2) is 5.78 Å². The Hall–Kier alpha value is -5.11. The molecule has 0 aromatic heterocycles. The number of ether oxygens (including phenoxy) is 4. The molecule has 41 heavy (non-hydrogen) atoms. The zero-order chi connectivity index (χ0) is 28.8. The van der Waals surface area contributed by atoms with E-state index in [1.54, 1.807) is 56.7 Å². The highest BCUT2D eigenvalue weighted by Crippen LogP contribution is 2.43. The summed E-state index contributed by atoms with van der Waals surface area (Å²) >= 11 is 0. The number of amides is 1. The van der Waals surface area contributed by atoms with E-state index in [1.165, 1.54) is 35.2 Å². The fraction of sp³-hybridized carbons (Fsp3) is 0.152. The first kappa shape index (κ1) is 27.5. The summed E-state index contributed by atoms with van der Waals surface area (Å²) in [5, 5.41) is 0. The molecule has 7 nitrogen and oxygen atoms in total. The van der Waals surface area contributed by atoms with Gasteiger partial charge in [0.2, 0.25) is 0 Å². The summed E-state index contributed by atoms with van der Waals surface area (Å²) in [6.45, 7) is 0.286. The standard InChI is InChI=1S/C33H28FNO6/c1-38-26-14-12-25(13-15-26)35-32(30(41-33(35)37)19-18-29(36)23-8-10-24(34)11-9-23)28-17-16-27(39-2)20-31(28)40-21-22-6-4-3-5-7-22/h3-20,30,32H,21H2,1-2H3/b19-18+/t30-,32-/m1/s1. The van der Waals surface area contributed by atoms with Crippen LogP contribution in [0.15, 0.2) is 109 Å². The quantitative estimate of drug-likeness (QED) is 0.157. The average molecular weight is 554 g/mol. The number of allylic oxidation sites excluding steroid dienone is 1. The number of nitrogens with zero attached hydrogens (tertiary/aromatic N) is 1. The zero-order valence-corrected chi connectivity index (χ0v) is 22.5. The topological polar surface area (TPSA) is 74.3 Å². The molecule has 2 atom stereocenters. The van der Waals surface area contributed by atoms with Gasteiger partial charge in [-0.1, -0.05) is 30.3 Å². The first-order valence-electron chi connectivity index (χ1n) is 12.9. The monoisotopic (exact) mass is 553 g/mol. The van der Waals surface area contributed by atoms with Crippen LogP contribution < -0.4 is 19.1 Å². The van der Waals surface area contributed by atoms with Crippen LogP contribution in [-0.2, 0) is 11.3 Å². The molecule has 1 fully saturated rings. The van der Waals surface area contributed by atoms with Gasteiger partial charge in [-0.3, -0.25) is 9.69 Å². The molecule has 4 aromatic rings. The summed E-state index contributed by atoms with van der Waals surface area (Å²) in [5.41, 5.74) is 2.51. The molecular weight excluding hydrogens is 525 g/mol. The van der Waals surface area contributed by atoms with Crippen molar-refractivity contribution in [1.29, 1.82) is 0 Å². The molecule has 1 aliphatic heterocycles. The van der Waals surface area contributed by atoms with E-state index in [0.717, 1.165) is 5.56 Å². The van der Waals surface area contributed by atoms with Crippen LogP contribution in [0.1, 0.15) is 27.5 Å². The van der Waals surface area contributed by atoms with E-state index in [0.29, 0.717) is 34.1 Å². The average Bonchev–Trinajstić information content (AvgIpc) is 3.34. The Bertz CT molecular complexity index is 1540. The SMILES string of the molecule is COc1ccc(N2C(=O)O[C@H](/C=C/C(=O)c3ccc(F)cc3)[C@H]2c2ccc(OC)cc2OCc2ccccc2)cc1. The molecule has 0 radical (unpaired) electrons. The molecule has 1 amide bonds. The number of benzene rings is 4. The molecule has 208 valence electrons. The Balaban J connectivity index is 1.54. The van der Waals surface area contributed by atoms with Crippen LogP contribution in [0.25, 0.3) is 0 Å². The van der Waals surface area contributed by atoms with Crippen molar-refractivity contribution in [3.8, 4) is 17.2 Å². The summed E-state index contributed by atoms with van der Waals surface area (Å²) in [4.78, 5) is 27.7. The Labute approximate surface area is 237 Å². The molecule has 5 rings (SSSR count). The fourth-order valence-corrected chi connectivity index (χ4v) is 4.61. The van der Waals surface area contributed by atoms with E-state index >= 15 is 0 Å². The molecule has 0 unspecified atom stereocenters. The summed E-state index contributed by atoms with van der Waals surface area (Å²) in [5.74, 6) is 0.927. The number of carbonyl (C=O) groups is 2. The lowest BCUT2D eigenvalue weighted by molar-refractivity contribution is 0.104. The van der Waals surface area contributed by atoms with Gasteiger partial charge in [0.25, 0.3) is 0 Å². The number of hydrogen-bond donors (Lipinski definition) is 0. The largest absolute Gasteiger partial charge is 0.497 e. The third kappa shape index (κ3) is 6.22. The lowest BCUT2D eigenvalue weighted by Gasteiger charge is -2.26. The van der Waals surface area contributed by atoms with Crippen LogP contribution in [0, 0.1) is 5.82 Å². The number of rotatable bonds is 10. The van der Waals surface area contributed by atoms with Crippen molar-refractivity contribution in [3.63, 3.8) is 0 Å². The Morgan fingerprint density at radius 1 is 0.902 bits per heavy atom. The number of hydrogen-bond acceptors (Lipinski definition) is 6. The first-order chi connectivity index (χ1) is 20.0. The number of halogens is 1. The maximum absolute atomic E-state index is 13.4. The minimum atomic E-state index is -0.846. The highest BCUT2D eigenvalue weighted by Gasteiger charge is 2.44. The number of carbonyl (C=O) groups excluding carboxylic acids is 2. The second kappa shape index (κ2) is 12.4. The second-order valence-electron chi connectivity index (χ2n) is 9.27. The van der Waals surface area contributed by atoms with Crippen molar-refractivity contribution in [2.75, 3.05) is 19.1 Å². The van der Waals surface area contributed by atoms with Crippen LogP contribution in [0.4, 0.5) is 14.9 Å². The van der Waals surface area contributed by atoms with E-state index in [2.05, 4.69) is 0 Å². The lowest BCUT2D eigenvalue weighted by atomic mass is 9.97. The number of anilines is 1. The van der Waals surface area contributed by atoms with E-state index in [4.69, 9.17) is 18.9 Å². The highest BCUT2D eigenvalue weighted by molar-refractivity contribution is 6.04. The van der Waals surface area contributed by atoms with Crippen LogP contribution >= 0.6 is 0 Å². The molecule has 8 heteroatoms. The van der Waals surface area contributed by atoms with Crippen molar-refractivity contribution in [2.45, 2.75) is 18.8 Å². The van der Waals surface area contributed by atoms with Gasteiger partial charge in [-0.15, -0.1) is 0 Å². The minimum absolute atomic E-state index is 0.286. The Kier molecular flexibility index (Phi) is 8.29. The van der Waals surface area contributed by atoms with Gasteiger partial charge in [-0.2, -0.15) is 0 Å². The van der Waals surface area contributed by atoms with Crippen molar-refractivity contribution in [1.82, 2.24) is 0 Å². The van der Waals surface area contributed by atoms with Gasteiger partial charge in [0.05, 0.1) is 14.2 Å². The molecule has 0 aliphatic carbocycles. The molecule has 0 spiro atoms. The third-order valence-electron chi connectivity index (χ3n) is 6.72. The Morgan fingerprint density at radius 3 is 2.27 bits per heavy atom. The lowest BCUT2D eigenvalue weighted by Crippen LogP contribution is -2.29. The first-order valence-corrected chi connectivity index (χ1v) is 12.9. The van der Waals surface area contributed by atoms with E-state index in [9.17, 15) is 14.0 Å². The summed E-state index contributed by atoms with van der Waals surface area (Å²) in [6, 6.07) is 26.7. The Morgan fingerprint density at radius 2 is 1.59 bits per heavy atom. The number of methoxy groups -OCH3 is 2. The van der Waals surface area contributed by atoms with Gasteiger partial charge in [0, 0.05) is 22.9 Å². The van der Waals surface area contributed by atoms with Crippen molar-refractivity contribution in [3.05, 3.63) is 132 Å². The molecule has 0 N–H and O–H groups in total. The maximum Gasteiger partial charge on any atom is 0.415 e. The van der Waals surface area contributed by atoms with Crippen LogP contribution in [0.2, 0.25) is 0 Å². The van der Waals surface area contributed by atoms with Crippen molar-refractivity contribution in [2.24, 2.45) is 0 Å². The summed E-state index contributed by atoms with van der Waals surface area (Å²) in [6.07, 6.45) is 1.45. The smallest absolute Gasteiger partial charge is 0.415 e. The van der Waals surface area contributed by atoms with Crippen LogP contribution in [0.3, 0.4) is 0 Å². The molecule has 0 bridgehead atoms. The summed E-state index contributed by atoms with van der Waals surface area (Å²) in [7, 11) is 3.13.